The Morgan fingerprint density at radius 3 is 2.11 bits per heavy atom. The van der Waals surface area contributed by atoms with Gasteiger partial charge in [-0.1, -0.05) is 12.2 Å². The Morgan fingerprint density at radius 1 is 1.00 bits per heavy atom. The summed E-state index contributed by atoms with van der Waals surface area (Å²) in [6.45, 7) is 0. The molecule has 2 aliphatic rings. The molecule has 9 heavy (non-hydrogen) atoms. The Morgan fingerprint density at radius 2 is 1.56 bits per heavy atom. The summed E-state index contributed by atoms with van der Waals surface area (Å²) in [6, 6.07) is 0. The van der Waals surface area contributed by atoms with E-state index in [9.17, 15) is 0 Å². The molecule has 1 aliphatic carbocycles. The first-order valence-electron chi connectivity index (χ1n) is 3.77. The minimum atomic E-state index is 0.634. The van der Waals surface area contributed by atoms with Crippen LogP contribution in [-0.4, -0.2) is 12.2 Å². The molecule has 1 saturated heterocycles. The van der Waals surface area contributed by atoms with Gasteiger partial charge in [-0.2, -0.15) is 0 Å². The average Bonchev–Trinajstić information content (AvgIpc) is 2.46. The number of ether oxygens (including phenoxy) is 1. The monoisotopic (exact) mass is 124 g/mol. The zero-order valence-electron chi connectivity index (χ0n) is 5.55. The van der Waals surface area contributed by atoms with Crippen molar-refractivity contribution in [3.05, 3.63) is 12.2 Å². The van der Waals surface area contributed by atoms with E-state index in [-0.39, 0.29) is 0 Å². The summed E-state index contributed by atoms with van der Waals surface area (Å²) in [7, 11) is 0. The lowest BCUT2D eigenvalue weighted by molar-refractivity contribution is 0.359. The first kappa shape index (κ1) is 5.48. The van der Waals surface area contributed by atoms with Gasteiger partial charge in [-0.15, -0.1) is 0 Å². The number of rotatable bonds is 0. The normalized spacial score (nSPS) is 44.4. The SMILES string of the molecule is C1=C\CC[C@H]2O[C@H]2CC/1. The van der Waals surface area contributed by atoms with Gasteiger partial charge in [0.05, 0.1) is 12.2 Å². The maximum absolute atomic E-state index is 5.40. The highest BCUT2D eigenvalue weighted by Crippen LogP contribution is 2.31. The summed E-state index contributed by atoms with van der Waals surface area (Å²) < 4.78 is 5.40. The van der Waals surface area contributed by atoms with Gasteiger partial charge in [0.2, 0.25) is 0 Å². The first-order chi connectivity index (χ1) is 4.47. The van der Waals surface area contributed by atoms with E-state index in [0.29, 0.717) is 12.2 Å². The number of hydrogen-bond acceptors (Lipinski definition) is 1. The van der Waals surface area contributed by atoms with Crippen molar-refractivity contribution in [2.75, 3.05) is 0 Å². The van der Waals surface area contributed by atoms with Crippen LogP contribution in [0.3, 0.4) is 0 Å². The van der Waals surface area contributed by atoms with Crippen molar-refractivity contribution in [1.82, 2.24) is 0 Å². The molecule has 0 aromatic rings. The topological polar surface area (TPSA) is 12.5 Å². The maximum Gasteiger partial charge on any atom is 0.0845 e. The van der Waals surface area contributed by atoms with E-state index in [2.05, 4.69) is 12.2 Å². The zero-order valence-corrected chi connectivity index (χ0v) is 5.55. The standard InChI is InChI=1S/C8H12O/c1-2-4-6-8-7(9-8)5-3-1/h1-2,7-8H,3-6H2/b2-1-/t7-,8+. The van der Waals surface area contributed by atoms with Gasteiger partial charge in [0.1, 0.15) is 0 Å². The fourth-order valence-electron chi connectivity index (χ4n) is 1.44. The maximum atomic E-state index is 5.40. The highest BCUT2D eigenvalue weighted by atomic mass is 16.6. The fraction of sp³-hybridized carbons (Fsp3) is 0.750. The Balaban J connectivity index is 1.91. The molecule has 0 unspecified atom stereocenters. The average molecular weight is 124 g/mol. The smallest absolute Gasteiger partial charge is 0.0845 e. The van der Waals surface area contributed by atoms with Gasteiger partial charge >= 0.3 is 0 Å². The lowest BCUT2D eigenvalue weighted by Crippen LogP contribution is -1.94. The largest absolute Gasteiger partial charge is 0.370 e. The Hall–Kier alpha value is -0.300. The predicted octanol–water partition coefficient (Wildman–Crippen LogP) is 1.88. The van der Waals surface area contributed by atoms with Crippen LogP contribution < -0.4 is 0 Å². The quantitative estimate of drug-likeness (QED) is 0.355. The van der Waals surface area contributed by atoms with Crippen LogP contribution in [0.25, 0.3) is 0 Å². The molecule has 0 bridgehead atoms. The van der Waals surface area contributed by atoms with Gasteiger partial charge in [-0.3, -0.25) is 0 Å². The van der Waals surface area contributed by atoms with Crippen LogP contribution in [0.1, 0.15) is 25.7 Å². The van der Waals surface area contributed by atoms with Crippen molar-refractivity contribution >= 4 is 0 Å². The molecule has 2 atom stereocenters. The highest BCUT2D eigenvalue weighted by molar-refractivity contribution is 4.94. The number of allylic oxidation sites excluding steroid dienone is 2. The van der Waals surface area contributed by atoms with Crippen LogP contribution in [0.15, 0.2) is 12.2 Å². The zero-order chi connectivity index (χ0) is 6.10. The van der Waals surface area contributed by atoms with Crippen LogP contribution in [-0.2, 0) is 4.74 Å². The van der Waals surface area contributed by atoms with Crippen LogP contribution >= 0.6 is 0 Å². The summed E-state index contributed by atoms with van der Waals surface area (Å²) in [4.78, 5) is 0. The summed E-state index contributed by atoms with van der Waals surface area (Å²) in [5.41, 5.74) is 0. The van der Waals surface area contributed by atoms with Crippen LogP contribution in [0.2, 0.25) is 0 Å². The lowest BCUT2D eigenvalue weighted by Gasteiger charge is -1.95. The number of epoxide rings is 1. The lowest BCUT2D eigenvalue weighted by atomic mass is 10.1. The van der Waals surface area contributed by atoms with Gasteiger partial charge in [0.15, 0.2) is 0 Å². The molecular formula is C8H12O. The van der Waals surface area contributed by atoms with Gasteiger partial charge in [0, 0.05) is 0 Å². The molecule has 0 aromatic heterocycles. The number of fused-ring (bicyclic) bond motifs is 1. The Bertz CT molecular complexity index is 115. The molecule has 2 rings (SSSR count). The van der Waals surface area contributed by atoms with E-state index < -0.39 is 0 Å². The van der Waals surface area contributed by atoms with E-state index in [1.807, 2.05) is 0 Å². The van der Waals surface area contributed by atoms with Crippen molar-refractivity contribution in [1.29, 1.82) is 0 Å². The van der Waals surface area contributed by atoms with Crippen LogP contribution in [0.4, 0.5) is 0 Å². The Labute approximate surface area is 55.7 Å². The van der Waals surface area contributed by atoms with E-state index in [4.69, 9.17) is 4.74 Å². The van der Waals surface area contributed by atoms with Crippen LogP contribution in [0.5, 0.6) is 0 Å². The molecule has 1 heteroatoms. The summed E-state index contributed by atoms with van der Waals surface area (Å²) >= 11 is 0. The highest BCUT2D eigenvalue weighted by Gasteiger charge is 2.37. The molecule has 1 fully saturated rings. The van der Waals surface area contributed by atoms with E-state index in [1.165, 1.54) is 25.7 Å². The second-order valence-electron chi connectivity index (χ2n) is 2.84. The minimum absolute atomic E-state index is 0.634. The van der Waals surface area contributed by atoms with Gasteiger partial charge in [-0.25, -0.2) is 0 Å². The van der Waals surface area contributed by atoms with Crippen molar-refractivity contribution in [3.63, 3.8) is 0 Å². The molecular weight excluding hydrogens is 112 g/mol. The first-order valence-corrected chi connectivity index (χ1v) is 3.77. The molecule has 0 saturated carbocycles. The third-order valence-corrected chi connectivity index (χ3v) is 2.09. The number of hydrogen-bond donors (Lipinski definition) is 0. The van der Waals surface area contributed by atoms with E-state index >= 15 is 0 Å². The van der Waals surface area contributed by atoms with E-state index in [0.717, 1.165) is 0 Å². The second kappa shape index (κ2) is 2.14. The summed E-state index contributed by atoms with van der Waals surface area (Å²) in [5.74, 6) is 0. The van der Waals surface area contributed by atoms with E-state index in [1.54, 1.807) is 0 Å². The van der Waals surface area contributed by atoms with Crippen molar-refractivity contribution in [3.8, 4) is 0 Å². The molecule has 50 valence electrons. The van der Waals surface area contributed by atoms with Gasteiger partial charge in [0.25, 0.3) is 0 Å². The Kier molecular flexibility index (Phi) is 1.31. The molecule has 0 N–H and O–H groups in total. The second-order valence-corrected chi connectivity index (χ2v) is 2.84. The molecule has 1 aliphatic heterocycles. The summed E-state index contributed by atoms with van der Waals surface area (Å²) in [5, 5.41) is 0. The third kappa shape index (κ3) is 1.16. The van der Waals surface area contributed by atoms with Gasteiger partial charge < -0.3 is 4.74 Å². The van der Waals surface area contributed by atoms with Gasteiger partial charge in [-0.05, 0) is 25.7 Å². The molecule has 0 radical (unpaired) electrons. The predicted molar refractivity (Wildman–Crippen MR) is 36.3 cm³/mol. The molecule has 0 aromatic carbocycles. The van der Waals surface area contributed by atoms with Crippen molar-refractivity contribution in [2.24, 2.45) is 0 Å². The van der Waals surface area contributed by atoms with Crippen molar-refractivity contribution in [2.45, 2.75) is 37.9 Å². The molecule has 0 amide bonds. The minimum Gasteiger partial charge on any atom is -0.370 e. The molecule has 1 nitrogen and oxygen atoms in total. The molecule has 1 heterocycles. The fourth-order valence-corrected chi connectivity index (χ4v) is 1.44. The van der Waals surface area contributed by atoms with Crippen molar-refractivity contribution < 1.29 is 4.74 Å². The summed E-state index contributed by atoms with van der Waals surface area (Å²) in [6.07, 6.45) is 10.8. The molecule has 0 spiro atoms. The van der Waals surface area contributed by atoms with Crippen LogP contribution in [0, 0.1) is 0 Å². The third-order valence-electron chi connectivity index (χ3n) is 2.09.